The number of hydrogen-bond acceptors (Lipinski definition) is 10. The average molecular weight is 1240 g/mol. The summed E-state index contributed by atoms with van der Waals surface area (Å²) < 4.78 is 17.7. The largest absolute Gasteiger partial charge is 0.454 e. The summed E-state index contributed by atoms with van der Waals surface area (Å²) in [5.41, 5.74) is 0. The van der Waals surface area contributed by atoms with Crippen LogP contribution in [-0.4, -0.2) is 99.6 Å². The van der Waals surface area contributed by atoms with Crippen molar-refractivity contribution < 1.29 is 49.3 Å². The molecule has 1 amide bonds. The van der Waals surface area contributed by atoms with Crippen molar-refractivity contribution in [3.05, 3.63) is 12.2 Å². The standard InChI is InChI=1S/C76H147NO10/c1-4-7-10-13-16-19-22-24-26-28-30-32-34-35-36-38-40-42-44-46-49-52-55-58-61-64-71(81)87-74-73(83)72(82)70(65-78)86-76(74)85-66-67(68(79)62-59-56-53-50-47-21-18-15-12-9-6-3)77-75(84)69(80)63-60-57-54-51-48-45-43-41-39-37-33-31-29-27-25-23-20-17-14-11-8-5-2/h59,62,67-70,72-74,76,78-80,82-83H,4-58,60-61,63-66H2,1-3H3,(H,77,84)/b62-59+. The Morgan fingerprint density at radius 3 is 1.08 bits per heavy atom. The molecule has 11 heteroatoms. The van der Waals surface area contributed by atoms with Crippen LogP contribution in [-0.2, 0) is 23.8 Å². The summed E-state index contributed by atoms with van der Waals surface area (Å²) >= 11 is 0. The first kappa shape index (κ1) is 83.4. The van der Waals surface area contributed by atoms with Crippen molar-refractivity contribution in [3.63, 3.8) is 0 Å². The van der Waals surface area contributed by atoms with Crippen LogP contribution < -0.4 is 5.32 Å². The van der Waals surface area contributed by atoms with Gasteiger partial charge in [0, 0.05) is 6.42 Å². The van der Waals surface area contributed by atoms with Crippen molar-refractivity contribution in [1.29, 1.82) is 0 Å². The molecular formula is C76H147NO10. The Bertz CT molecular complexity index is 1470. The van der Waals surface area contributed by atoms with E-state index in [0.717, 1.165) is 57.8 Å². The fraction of sp³-hybridized carbons (Fsp3) is 0.947. The number of amides is 1. The third-order valence-electron chi connectivity index (χ3n) is 18.7. The van der Waals surface area contributed by atoms with Gasteiger partial charge in [0.05, 0.1) is 25.4 Å². The van der Waals surface area contributed by atoms with E-state index in [1.54, 1.807) is 6.08 Å². The van der Waals surface area contributed by atoms with Crippen molar-refractivity contribution in [2.24, 2.45) is 0 Å². The maximum Gasteiger partial charge on any atom is 0.306 e. The Balaban J connectivity index is 2.48. The van der Waals surface area contributed by atoms with Gasteiger partial charge in [-0.2, -0.15) is 0 Å². The molecule has 0 saturated carbocycles. The fourth-order valence-corrected chi connectivity index (χ4v) is 12.7. The highest BCUT2D eigenvalue weighted by Gasteiger charge is 2.47. The molecule has 0 spiro atoms. The molecule has 1 aliphatic heterocycles. The van der Waals surface area contributed by atoms with Crippen LogP contribution in [0.1, 0.15) is 400 Å². The van der Waals surface area contributed by atoms with Gasteiger partial charge >= 0.3 is 5.97 Å². The number of esters is 1. The molecule has 1 heterocycles. The van der Waals surface area contributed by atoms with Crippen LogP contribution in [0.2, 0.25) is 0 Å². The van der Waals surface area contributed by atoms with Crippen molar-refractivity contribution in [2.75, 3.05) is 13.2 Å². The summed E-state index contributed by atoms with van der Waals surface area (Å²) in [5.74, 6) is -1.17. The zero-order valence-electron chi connectivity index (χ0n) is 57.7. The van der Waals surface area contributed by atoms with Crippen LogP contribution in [0.3, 0.4) is 0 Å². The molecule has 0 bridgehead atoms. The molecule has 0 radical (unpaired) electrons. The van der Waals surface area contributed by atoms with Gasteiger partial charge in [-0.15, -0.1) is 0 Å². The van der Waals surface area contributed by atoms with E-state index < -0.39 is 67.4 Å². The van der Waals surface area contributed by atoms with E-state index in [9.17, 15) is 35.1 Å². The number of unbranched alkanes of at least 4 members (excludes halogenated alkanes) is 54. The lowest BCUT2D eigenvalue weighted by Gasteiger charge is -2.41. The Labute approximate surface area is 538 Å². The van der Waals surface area contributed by atoms with Gasteiger partial charge in [0.15, 0.2) is 12.4 Å². The zero-order chi connectivity index (χ0) is 63.1. The van der Waals surface area contributed by atoms with Gasteiger partial charge in [-0.1, -0.05) is 380 Å². The van der Waals surface area contributed by atoms with Crippen molar-refractivity contribution in [2.45, 2.75) is 449 Å². The minimum Gasteiger partial charge on any atom is -0.454 e. The maximum absolute atomic E-state index is 13.5. The van der Waals surface area contributed by atoms with Crippen LogP contribution >= 0.6 is 0 Å². The number of aliphatic hydroxyl groups excluding tert-OH is 5. The lowest BCUT2D eigenvalue weighted by atomic mass is 9.99. The second-order valence-corrected chi connectivity index (χ2v) is 27.1. The van der Waals surface area contributed by atoms with E-state index in [2.05, 4.69) is 26.1 Å². The first-order valence-corrected chi connectivity index (χ1v) is 38.5. The summed E-state index contributed by atoms with van der Waals surface area (Å²) in [5, 5.41) is 57.3. The maximum atomic E-state index is 13.5. The van der Waals surface area contributed by atoms with E-state index in [4.69, 9.17) is 14.2 Å². The monoisotopic (exact) mass is 1230 g/mol. The minimum atomic E-state index is -1.61. The number of carbonyl (C=O) groups excluding carboxylic acids is 2. The van der Waals surface area contributed by atoms with Gasteiger partial charge in [-0.05, 0) is 25.7 Å². The average Bonchev–Trinajstić information content (AvgIpc) is 3.16. The first-order chi connectivity index (χ1) is 42.7. The highest BCUT2D eigenvalue weighted by atomic mass is 16.7. The Morgan fingerprint density at radius 2 is 0.747 bits per heavy atom. The van der Waals surface area contributed by atoms with E-state index in [-0.39, 0.29) is 13.0 Å². The molecule has 516 valence electrons. The third kappa shape index (κ3) is 51.6. The van der Waals surface area contributed by atoms with Crippen LogP contribution in [0.25, 0.3) is 0 Å². The molecule has 8 atom stereocenters. The van der Waals surface area contributed by atoms with Crippen LogP contribution in [0.15, 0.2) is 12.2 Å². The Morgan fingerprint density at radius 1 is 0.437 bits per heavy atom. The van der Waals surface area contributed by atoms with Gasteiger partial charge in [0.1, 0.15) is 24.4 Å². The summed E-state index contributed by atoms with van der Waals surface area (Å²) in [4.78, 5) is 26.7. The van der Waals surface area contributed by atoms with Gasteiger partial charge in [-0.3, -0.25) is 9.59 Å². The zero-order valence-corrected chi connectivity index (χ0v) is 57.7. The number of hydrogen-bond donors (Lipinski definition) is 6. The summed E-state index contributed by atoms with van der Waals surface area (Å²) in [7, 11) is 0. The quantitative estimate of drug-likeness (QED) is 0.0195. The number of aliphatic hydroxyl groups is 5. The molecule has 0 aromatic carbocycles. The van der Waals surface area contributed by atoms with Crippen molar-refractivity contribution in [3.8, 4) is 0 Å². The number of carbonyl (C=O) groups is 2. The summed E-state index contributed by atoms with van der Waals surface area (Å²) in [6.07, 6.45) is 67.1. The van der Waals surface area contributed by atoms with Gasteiger partial charge in [-0.25, -0.2) is 0 Å². The van der Waals surface area contributed by atoms with Gasteiger partial charge in [0.25, 0.3) is 0 Å². The molecule has 6 N–H and O–H groups in total. The molecule has 87 heavy (non-hydrogen) atoms. The molecule has 1 aliphatic rings. The van der Waals surface area contributed by atoms with Gasteiger partial charge < -0.3 is 45.1 Å². The van der Waals surface area contributed by atoms with Crippen LogP contribution in [0.4, 0.5) is 0 Å². The molecule has 0 aromatic rings. The third-order valence-corrected chi connectivity index (χ3v) is 18.7. The predicted octanol–water partition coefficient (Wildman–Crippen LogP) is 20.2. The van der Waals surface area contributed by atoms with Gasteiger partial charge in [0.2, 0.25) is 5.91 Å². The minimum absolute atomic E-state index is 0.132. The number of allylic oxidation sites excluding steroid dienone is 1. The molecule has 0 aromatic heterocycles. The molecule has 11 nitrogen and oxygen atoms in total. The second-order valence-electron chi connectivity index (χ2n) is 27.1. The lowest BCUT2D eigenvalue weighted by molar-refractivity contribution is -0.305. The number of rotatable bonds is 68. The van der Waals surface area contributed by atoms with Crippen molar-refractivity contribution in [1.82, 2.24) is 5.32 Å². The summed E-state index contributed by atoms with van der Waals surface area (Å²) in [6, 6.07) is -1.02. The smallest absolute Gasteiger partial charge is 0.306 e. The Hall–Kier alpha value is -1.60. The predicted molar refractivity (Wildman–Crippen MR) is 366 cm³/mol. The fourth-order valence-electron chi connectivity index (χ4n) is 12.7. The molecule has 1 rings (SSSR count). The SMILES string of the molecule is CCCCCCCCCCC/C=C/C(O)C(COC1OC(CO)C(O)C(O)C1OC(=O)CCCCCCCCCCCCCCCCCCCCCCCCCCC)NC(=O)C(O)CCCCCCCCCCCCCCCCCCCCCCCC. The first-order valence-electron chi connectivity index (χ1n) is 38.5. The lowest BCUT2D eigenvalue weighted by Crippen LogP contribution is -2.61. The highest BCUT2D eigenvalue weighted by molar-refractivity contribution is 5.80. The molecule has 1 fully saturated rings. The van der Waals surface area contributed by atoms with E-state index in [1.807, 2.05) is 6.08 Å². The van der Waals surface area contributed by atoms with Crippen LogP contribution in [0.5, 0.6) is 0 Å². The van der Waals surface area contributed by atoms with E-state index in [1.165, 1.54) is 295 Å². The normalized spacial score (nSPS) is 18.2. The molecular weight excluding hydrogens is 1090 g/mol. The number of nitrogens with one attached hydrogen (secondary N) is 1. The topological polar surface area (TPSA) is 175 Å². The Kier molecular flexibility index (Phi) is 61.8. The highest BCUT2D eigenvalue weighted by Crippen LogP contribution is 2.27. The molecule has 8 unspecified atom stereocenters. The van der Waals surface area contributed by atoms with Crippen LogP contribution in [0, 0.1) is 0 Å². The molecule has 0 aliphatic carbocycles. The van der Waals surface area contributed by atoms with Crippen molar-refractivity contribution >= 4 is 11.9 Å². The molecule has 1 saturated heterocycles. The number of ether oxygens (including phenoxy) is 3. The second kappa shape index (κ2) is 64.5. The van der Waals surface area contributed by atoms with E-state index in [0.29, 0.717) is 19.3 Å². The summed E-state index contributed by atoms with van der Waals surface area (Å²) in [6.45, 7) is 5.87. The van der Waals surface area contributed by atoms with E-state index >= 15 is 0 Å².